The molecule has 1 saturated heterocycles. The highest BCUT2D eigenvalue weighted by Crippen LogP contribution is 2.26. The van der Waals surface area contributed by atoms with Crippen LogP contribution in [0.2, 0.25) is 5.02 Å². The lowest BCUT2D eigenvalue weighted by atomic mass is 10.1. The average Bonchev–Trinajstić information content (AvgIpc) is 2.66. The van der Waals surface area contributed by atoms with Gasteiger partial charge in [-0.15, -0.1) is 0 Å². The predicted octanol–water partition coefficient (Wildman–Crippen LogP) is 2.14. The fraction of sp³-hybridized carbons (Fsp3) is 0.429. The van der Waals surface area contributed by atoms with E-state index in [4.69, 9.17) is 16.3 Å². The van der Waals surface area contributed by atoms with Crippen molar-refractivity contribution in [2.75, 3.05) is 19.0 Å². The summed E-state index contributed by atoms with van der Waals surface area (Å²) >= 11 is 6.05. The SMILES string of the molecule is COc1ccc(NC(=O)N[C@@H]2CCCCNC2=O)c(Cl)c1. The number of carbonyl (C=O) groups excluding carboxylic acids is 2. The van der Waals surface area contributed by atoms with Crippen molar-refractivity contribution in [3.63, 3.8) is 0 Å². The molecule has 3 N–H and O–H groups in total. The molecule has 1 aliphatic heterocycles. The zero-order valence-corrected chi connectivity index (χ0v) is 12.5. The standard InChI is InChI=1S/C14H18ClN3O3/c1-21-9-5-6-11(10(15)8-9)17-14(20)18-12-4-2-3-7-16-13(12)19/h5-6,8,12H,2-4,7H2,1H3,(H,16,19)(H2,17,18,20)/t12-/m1/s1. The minimum atomic E-state index is -0.510. The summed E-state index contributed by atoms with van der Waals surface area (Å²) in [6, 6.07) is 3.98. The Hall–Kier alpha value is -1.95. The third kappa shape index (κ3) is 4.26. The van der Waals surface area contributed by atoms with Gasteiger partial charge in [-0.1, -0.05) is 11.6 Å². The highest BCUT2D eigenvalue weighted by Gasteiger charge is 2.22. The van der Waals surface area contributed by atoms with Crippen molar-refractivity contribution in [2.45, 2.75) is 25.3 Å². The fourth-order valence-electron chi connectivity index (χ4n) is 2.12. The molecule has 1 aromatic carbocycles. The normalized spacial score (nSPS) is 18.4. The van der Waals surface area contributed by atoms with Gasteiger partial charge in [0.05, 0.1) is 17.8 Å². The summed E-state index contributed by atoms with van der Waals surface area (Å²) in [5.41, 5.74) is 0.462. The summed E-state index contributed by atoms with van der Waals surface area (Å²) in [5.74, 6) is 0.456. The van der Waals surface area contributed by atoms with Gasteiger partial charge in [0.2, 0.25) is 5.91 Å². The van der Waals surface area contributed by atoms with Crippen LogP contribution >= 0.6 is 11.6 Å². The number of amides is 3. The Kier molecular flexibility index (Phi) is 5.27. The van der Waals surface area contributed by atoms with Crippen molar-refractivity contribution < 1.29 is 14.3 Å². The van der Waals surface area contributed by atoms with E-state index in [1.807, 2.05) is 0 Å². The third-order valence-corrected chi connectivity index (χ3v) is 3.58. The molecule has 0 spiro atoms. The third-order valence-electron chi connectivity index (χ3n) is 3.27. The van der Waals surface area contributed by atoms with Crippen LogP contribution in [0, 0.1) is 0 Å². The lowest BCUT2D eigenvalue weighted by Gasteiger charge is -2.16. The van der Waals surface area contributed by atoms with Crippen LogP contribution in [0.1, 0.15) is 19.3 Å². The summed E-state index contributed by atoms with van der Waals surface area (Å²) in [4.78, 5) is 23.7. The van der Waals surface area contributed by atoms with E-state index in [1.54, 1.807) is 18.2 Å². The first kappa shape index (κ1) is 15.4. The van der Waals surface area contributed by atoms with Gasteiger partial charge in [0.15, 0.2) is 0 Å². The number of methoxy groups -OCH3 is 1. The molecule has 21 heavy (non-hydrogen) atoms. The van der Waals surface area contributed by atoms with E-state index in [0.29, 0.717) is 29.4 Å². The summed E-state index contributed by atoms with van der Waals surface area (Å²) in [6.45, 7) is 0.656. The van der Waals surface area contributed by atoms with Crippen molar-refractivity contribution in [3.05, 3.63) is 23.2 Å². The van der Waals surface area contributed by atoms with Crippen LogP contribution in [-0.4, -0.2) is 31.6 Å². The molecule has 2 rings (SSSR count). The van der Waals surface area contributed by atoms with E-state index in [0.717, 1.165) is 12.8 Å². The minimum Gasteiger partial charge on any atom is -0.497 e. The van der Waals surface area contributed by atoms with E-state index in [1.165, 1.54) is 7.11 Å². The van der Waals surface area contributed by atoms with Gasteiger partial charge >= 0.3 is 6.03 Å². The van der Waals surface area contributed by atoms with Crippen LogP contribution in [-0.2, 0) is 4.79 Å². The zero-order chi connectivity index (χ0) is 15.2. The van der Waals surface area contributed by atoms with Crippen LogP contribution in [0.5, 0.6) is 5.75 Å². The smallest absolute Gasteiger partial charge is 0.319 e. The first-order valence-electron chi connectivity index (χ1n) is 6.79. The van der Waals surface area contributed by atoms with Crippen LogP contribution in [0.3, 0.4) is 0 Å². The number of halogens is 1. The molecule has 7 heteroatoms. The van der Waals surface area contributed by atoms with Crippen LogP contribution in [0.15, 0.2) is 18.2 Å². The molecule has 1 atom stereocenters. The summed E-state index contributed by atoms with van der Waals surface area (Å²) < 4.78 is 5.04. The lowest BCUT2D eigenvalue weighted by molar-refractivity contribution is -0.122. The Labute approximate surface area is 128 Å². The molecule has 0 aliphatic carbocycles. The molecule has 0 unspecified atom stereocenters. The maximum atomic E-state index is 12.0. The fourth-order valence-corrected chi connectivity index (χ4v) is 2.34. The molecule has 0 radical (unpaired) electrons. The van der Waals surface area contributed by atoms with Crippen molar-refractivity contribution in [1.29, 1.82) is 0 Å². The first-order valence-corrected chi connectivity index (χ1v) is 7.16. The number of hydrogen-bond acceptors (Lipinski definition) is 3. The van der Waals surface area contributed by atoms with Gasteiger partial charge < -0.3 is 20.7 Å². The molecule has 0 saturated carbocycles. The number of anilines is 1. The Morgan fingerprint density at radius 1 is 1.43 bits per heavy atom. The van der Waals surface area contributed by atoms with Crippen LogP contribution in [0.4, 0.5) is 10.5 Å². The molecule has 0 aromatic heterocycles. The zero-order valence-electron chi connectivity index (χ0n) is 11.7. The van der Waals surface area contributed by atoms with Gasteiger partial charge in [-0.2, -0.15) is 0 Å². The van der Waals surface area contributed by atoms with E-state index >= 15 is 0 Å². The molecule has 1 aliphatic rings. The molecule has 3 amide bonds. The quantitative estimate of drug-likeness (QED) is 0.800. The Bertz CT molecular complexity index is 536. The highest BCUT2D eigenvalue weighted by atomic mass is 35.5. The van der Waals surface area contributed by atoms with E-state index in [-0.39, 0.29) is 5.91 Å². The lowest BCUT2D eigenvalue weighted by Crippen LogP contribution is -2.47. The van der Waals surface area contributed by atoms with Gasteiger partial charge in [0.25, 0.3) is 0 Å². The molecule has 1 heterocycles. The molecule has 114 valence electrons. The van der Waals surface area contributed by atoms with E-state index in [9.17, 15) is 9.59 Å². The molecule has 0 bridgehead atoms. The number of nitrogens with one attached hydrogen (secondary N) is 3. The van der Waals surface area contributed by atoms with Crippen LogP contribution < -0.4 is 20.7 Å². The topological polar surface area (TPSA) is 79.5 Å². The number of hydrogen-bond donors (Lipinski definition) is 3. The van der Waals surface area contributed by atoms with Gasteiger partial charge in [-0.05, 0) is 31.4 Å². The van der Waals surface area contributed by atoms with Gasteiger partial charge in [-0.25, -0.2) is 4.79 Å². The number of carbonyl (C=O) groups is 2. The van der Waals surface area contributed by atoms with Gasteiger partial charge in [0, 0.05) is 12.6 Å². The number of urea groups is 1. The average molecular weight is 312 g/mol. The maximum absolute atomic E-state index is 12.0. The predicted molar refractivity (Wildman–Crippen MR) is 80.8 cm³/mol. The van der Waals surface area contributed by atoms with Crippen molar-refractivity contribution in [1.82, 2.24) is 10.6 Å². The van der Waals surface area contributed by atoms with Crippen molar-refractivity contribution in [2.24, 2.45) is 0 Å². The molecule has 1 fully saturated rings. The molecular formula is C14H18ClN3O3. The Morgan fingerprint density at radius 3 is 2.95 bits per heavy atom. The highest BCUT2D eigenvalue weighted by molar-refractivity contribution is 6.33. The number of ether oxygens (including phenoxy) is 1. The van der Waals surface area contributed by atoms with Gasteiger partial charge in [-0.3, -0.25) is 4.79 Å². The van der Waals surface area contributed by atoms with Crippen molar-refractivity contribution >= 4 is 29.2 Å². The largest absolute Gasteiger partial charge is 0.497 e. The second-order valence-corrected chi connectivity index (χ2v) is 5.19. The maximum Gasteiger partial charge on any atom is 0.319 e. The molecule has 6 nitrogen and oxygen atoms in total. The van der Waals surface area contributed by atoms with Crippen LogP contribution in [0.25, 0.3) is 0 Å². The second kappa shape index (κ2) is 7.17. The Balaban J connectivity index is 1.96. The van der Waals surface area contributed by atoms with E-state index in [2.05, 4.69) is 16.0 Å². The summed E-state index contributed by atoms with van der Waals surface area (Å²) in [7, 11) is 1.54. The molecular weight excluding hydrogens is 294 g/mol. The van der Waals surface area contributed by atoms with Crippen molar-refractivity contribution in [3.8, 4) is 5.75 Å². The minimum absolute atomic E-state index is 0.150. The van der Waals surface area contributed by atoms with Gasteiger partial charge in [0.1, 0.15) is 11.8 Å². The molecule has 1 aromatic rings. The first-order chi connectivity index (χ1) is 10.1. The number of rotatable bonds is 3. The Morgan fingerprint density at radius 2 is 2.24 bits per heavy atom. The van der Waals surface area contributed by atoms with E-state index < -0.39 is 12.1 Å². The monoisotopic (exact) mass is 311 g/mol. The summed E-state index contributed by atoms with van der Waals surface area (Å²) in [6.07, 6.45) is 2.46. The second-order valence-electron chi connectivity index (χ2n) is 4.78. The summed E-state index contributed by atoms with van der Waals surface area (Å²) in [5, 5.41) is 8.43. The number of benzene rings is 1.